The van der Waals surface area contributed by atoms with Crippen LogP contribution in [0.5, 0.6) is 0 Å². The highest BCUT2D eigenvalue weighted by molar-refractivity contribution is 14.1. The smallest absolute Gasteiger partial charge is 0.0751 e. The molecule has 0 aliphatic rings. The predicted molar refractivity (Wildman–Crippen MR) is 45.1 cm³/mol. The summed E-state index contributed by atoms with van der Waals surface area (Å²) in [6.45, 7) is 3.98. The van der Waals surface area contributed by atoms with Crippen molar-refractivity contribution in [1.82, 2.24) is 9.89 Å². The summed E-state index contributed by atoms with van der Waals surface area (Å²) >= 11 is 2.04. The van der Waals surface area contributed by atoms with Gasteiger partial charge in [0.25, 0.3) is 0 Å². The average molecular weight is 237 g/mol. The van der Waals surface area contributed by atoms with E-state index in [4.69, 9.17) is 0 Å². The maximum absolute atomic E-state index is 4.13. The molecule has 50 valence electrons. The lowest BCUT2D eigenvalue weighted by molar-refractivity contribution is 0.800. The van der Waals surface area contributed by atoms with Gasteiger partial charge in [-0.05, 0) is 19.9 Å². The van der Waals surface area contributed by atoms with Gasteiger partial charge in [0, 0.05) is 0 Å². The number of nitrogens with zero attached hydrogens (tertiary/aromatic N) is 2. The standard InChI is InChI=1S/C5H8IN3/c1-4-3-5(2)9(7-4)8-6/h3,8H,1-2H3. The third kappa shape index (κ3) is 1.35. The summed E-state index contributed by atoms with van der Waals surface area (Å²) in [6, 6.07) is 2.02. The van der Waals surface area contributed by atoms with Gasteiger partial charge in [0.1, 0.15) is 0 Å². The van der Waals surface area contributed by atoms with E-state index < -0.39 is 0 Å². The Bertz CT molecular complexity index is 206. The molecule has 0 spiro atoms. The lowest BCUT2D eigenvalue weighted by atomic mass is 10.4. The van der Waals surface area contributed by atoms with Crippen LogP contribution in [0.1, 0.15) is 11.4 Å². The van der Waals surface area contributed by atoms with Crippen LogP contribution in [-0.4, -0.2) is 9.89 Å². The molecule has 1 heterocycles. The Balaban J connectivity index is 3.01. The van der Waals surface area contributed by atoms with E-state index in [1.807, 2.05) is 42.8 Å². The molecule has 0 radical (unpaired) electrons. The largest absolute Gasteiger partial charge is 0.249 e. The van der Waals surface area contributed by atoms with Crippen molar-refractivity contribution in [1.29, 1.82) is 0 Å². The summed E-state index contributed by atoms with van der Waals surface area (Å²) < 4.78 is 2.89. The molecular formula is C5H8IN3. The first-order chi connectivity index (χ1) is 4.24. The van der Waals surface area contributed by atoms with Gasteiger partial charge in [-0.1, -0.05) is 0 Å². The molecule has 3 nitrogen and oxygen atoms in total. The number of aromatic nitrogens is 2. The molecule has 0 aromatic carbocycles. The minimum atomic E-state index is 1.04. The molecule has 0 unspecified atom stereocenters. The normalized spacial score (nSPS) is 9.67. The maximum Gasteiger partial charge on any atom is 0.0751 e. The number of hydrogen-bond donors (Lipinski definition) is 1. The SMILES string of the molecule is Cc1cc(C)n(NI)n1. The lowest BCUT2D eigenvalue weighted by Crippen LogP contribution is -2.06. The van der Waals surface area contributed by atoms with Gasteiger partial charge in [-0.15, -0.1) is 0 Å². The number of aryl methyl sites for hydroxylation is 2. The highest BCUT2D eigenvalue weighted by Crippen LogP contribution is 1.99. The third-order valence-electron chi connectivity index (χ3n) is 1.09. The first-order valence-corrected chi connectivity index (χ1v) is 3.72. The zero-order valence-corrected chi connectivity index (χ0v) is 7.51. The molecule has 1 N–H and O–H groups in total. The summed E-state index contributed by atoms with van der Waals surface area (Å²) in [5.41, 5.74) is 2.17. The zero-order chi connectivity index (χ0) is 6.85. The molecule has 0 saturated heterocycles. The third-order valence-corrected chi connectivity index (χ3v) is 1.55. The second-order valence-corrected chi connectivity index (χ2v) is 2.41. The van der Waals surface area contributed by atoms with Crippen LogP contribution in [0.2, 0.25) is 0 Å². The fourth-order valence-electron chi connectivity index (χ4n) is 0.714. The Labute approximate surface area is 67.9 Å². The molecular weight excluding hydrogens is 229 g/mol. The average Bonchev–Trinajstić information content (AvgIpc) is 2.10. The fraction of sp³-hybridized carbons (Fsp3) is 0.400. The Morgan fingerprint density at radius 3 is 2.56 bits per heavy atom. The van der Waals surface area contributed by atoms with E-state index in [1.54, 1.807) is 4.79 Å². The van der Waals surface area contributed by atoms with Gasteiger partial charge in [0.05, 0.1) is 34.3 Å². The second-order valence-electron chi connectivity index (χ2n) is 1.92. The first kappa shape index (κ1) is 6.85. The van der Waals surface area contributed by atoms with E-state index in [9.17, 15) is 0 Å². The van der Waals surface area contributed by atoms with E-state index in [2.05, 4.69) is 8.74 Å². The zero-order valence-electron chi connectivity index (χ0n) is 5.35. The van der Waals surface area contributed by atoms with Crippen LogP contribution < -0.4 is 3.64 Å². The van der Waals surface area contributed by atoms with Crippen molar-refractivity contribution >= 4 is 22.9 Å². The Morgan fingerprint density at radius 2 is 2.33 bits per heavy atom. The van der Waals surface area contributed by atoms with Crippen LogP contribution in [0.25, 0.3) is 0 Å². The van der Waals surface area contributed by atoms with Crippen molar-refractivity contribution in [2.45, 2.75) is 13.8 Å². The summed E-state index contributed by atoms with van der Waals surface area (Å²) in [5, 5.41) is 4.13. The first-order valence-electron chi connectivity index (χ1n) is 2.64. The van der Waals surface area contributed by atoms with E-state index in [0.29, 0.717) is 0 Å². The molecule has 0 aliphatic carbocycles. The molecule has 0 aliphatic heterocycles. The van der Waals surface area contributed by atoms with Gasteiger partial charge in [-0.25, -0.2) is 3.64 Å². The summed E-state index contributed by atoms with van der Waals surface area (Å²) in [7, 11) is 0. The molecule has 0 saturated carbocycles. The molecule has 1 rings (SSSR count). The van der Waals surface area contributed by atoms with Crippen LogP contribution in [0.3, 0.4) is 0 Å². The van der Waals surface area contributed by atoms with Crippen molar-refractivity contribution in [2.24, 2.45) is 0 Å². The molecule has 0 bridgehead atoms. The molecule has 0 atom stereocenters. The summed E-state index contributed by atoms with van der Waals surface area (Å²) in [6.07, 6.45) is 0. The van der Waals surface area contributed by atoms with Gasteiger partial charge in [0.2, 0.25) is 0 Å². The van der Waals surface area contributed by atoms with Crippen LogP contribution in [0, 0.1) is 13.8 Å². The summed E-state index contributed by atoms with van der Waals surface area (Å²) in [4.78, 5) is 1.73. The Hall–Kier alpha value is -0.260. The van der Waals surface area contributed by atoms with Gasteiger partial charge in [-0.3, -0.25) is 0 Å². The predicted octanol–water partition coefficient (Wildman–Crippen LogP) is 1.39. The number of halogens is 1. The maximum atomic E-state index is 4.13. The molecule has 0 amide bonds. The molecule has 9 heavy (non-hydrogen) atoms. The van der Waals surface area contributed by atoms with Crippen molar-refractivity contribution < 1.29 is 0 Å². The van der Waals surface area contributed by atoms with Crippen LogP contribution in [0.15, 0.2) is 6.07 Å². The van der Waals surface area contributed by atoms with E-state index in [1.165, 1.54) is 0 Å². The quantitative estimate of drug-likeness (QED) is 0.590. The van der Waals surface area contributed by atoms with Crippen molar-refractivity contribution in [2.75, 3.05) is 3.64 Å². The van der Waals surface area contributed by atoms with Gasteiger partial charge in [0.15, 0.2) is 0 Å². The van der Waals surface area contributed by atoms with Crippen LogP contribution >= 0.6 is 22.9 Å². The minimum Gasteiger partial charge on any atom is -0.249 e. The monoisotopic (exact) mass is 237 g/mol. The van der Waals surface area contributed by atoms with Crippen LogP contribution in [-0.2, 0) is 0 Å². The highest BCUT2D eigenvalue weighted by Gasteiger charge is 1.95. The van der Waals surface area contributed by atoms with Gasteiger partial charge < -0.3 is 0 Å². The summed E-state index contributed by atoms with van der Waals surface area (Å²) in [5.74, 6) is 0. The number of nitrogens with one attached hydrogen (secondary N) is 1. The van der Waals surface area contributed by atoms with Gasteiger partial charge in [-0.2, -0.15) is 9.89 Å². The fourth-order valence-corrected chi connectivity index (χ4v) is 1.20. The van der Waals surface area contributed by atoms with E-state index in [0.717, 1.165) is 11.4 Å². The molecule has 1 aromatic rings. The van der Waals surface area contributed by atoms with Crippen molar-refractivity contribution in [3.8, 4) is 0 Å². The van der Waals surface area contributed by atoms with E-state index >= 15 is 0 Å². The topological polar surface area (TPSA) is 29.9 Å². The van der Waals surface area contributed by atoms with Crippen molar-refractivity contribution in [3.05, 3.63) is 17.5 Å². The van der Waals surface area contributed by atoms with Gasteiger partial charge >= 0.3 is 0 Å². The van der Waals surface area contributed by atoms with Crippen LogP contribution in [0.4, 0.5) is 0 Å². The Morgan fingerprint density at radius 1 is 1.67 bits per heavy atom. The number of rotatable bonds is 1. The lowest BCUT2D eigenvalue weighted by Gasteiger charge is -1.96. The van der Waals surface area contributed by atoms with Crippen molar-refractivity contribution in [3.63, 3.8) is 0 Å². The molecule has 0 fully saturated rings. The Kier molecular flexibility index (Phi) is 1.94. The number of hydrogen-bond acceptors (Lipinski definition) is 2. The highest BCUT2D eigenvalue weighted by atomic mass is 127. The van der Waals surface area contributed by atoms with E-state index in [-0.39, 0.29) is 0 Å². The minimum absolute atomic E-state index is 1.04. The molecule has 4 heteroatoms. The molecule has 1 aromatic heterocycles. The second kappa shape index (κ2) is 2.55.